The van der Waals surface area contributed by atoms with E-state index in [-0.39, 0.29) is 11.9 Å². The molecule has 9 nitrogen and oxygen atoms in total. The molecule has 0 spiro atoms. The summed E-state index contributed by atoms with van der Waals surface area (Å²) in [7, 11) is 1.61. The third kappa shape index (κ3) is 5.75. The number of aromatic amines is 1. The number of ether oxygens (including phenoxy) is 1. The minimum absolute atomic E-state index is 0.108. The molecule has 47 heavy (non-hydrogen) atoms. The van der Waals surface area contributed by atoms with Crippen molar-refractivity contribution in [3.63, 3.8) is 0 Å². The maximum Gasteiger partial charge on any atom is 0.220 e. The highest BCUT2D eigenvalue weighted by Crippen LogP contribution is 2.44. The molecule has 2 aromatic carbocycles. The van der Waals surface area contributed by atoms with Gasteiger partial charge in [-0.3, -0.25) is 9.78 Å². The molecule has 240 valence electrons. The summed E-state index contributed by atoms with van der Waals surface area (Å²) < 4.78 is 5.66. The zero-order chi connectivity index (χ0) is 32.1. The lowest BCUT2D eigenvalue weighted by molar-refractivity contribution is -0.119. The molecule has 3 aliphatic rings. The molecule has 1 unspecified atom stereocenters. The number of piperidine rings is 1. The highest BCUT2D eigenvalue weighted by Gasteiger charge is 2.41. The first kappa shape index (κ1) is 30.3. The van der Waals surface area contributed by atoms with Crippen molar-refractivity contribution >= 4 is 40.1 Å². The van der Waals surface area contributed by atoms with Crippen LogP contribution in [0, 0.1) is 5.92 Å². The van der Waals surface area contributed by atoms with Crippen LogP contribution in [0.1, 0.15) is 49.5 Å². The molecule has 0 radical (unpaired) electrons. The maximum atomic E-state index is 11.5. The first-order valence-corrected chi connectivity index (χ1v) is 16.9. The number of nitrogens with zero attached hydrogens (tertiary/aromatic N) is 3. The molecular formula is C36H35Cl2N7O2. The smallest absolute Gasteiger partial charge is 0.220 e. The van der Waals surface area contributed by atoms with Gasteiger partial charge < -0.3 is 25.7 Å². The van der Waals surface area contributed by atoms with Crippen LogP contribution in [-0.4, -0.2) is 51.6 Å². The van der Waals surface area contributed by atoms with Crippen molar-refractivity contribution in [1.29, 1.82) is 0 Å². The number of fused-ring (bicyclic) bond motifs is 3. The van der Waals surface area contributed by atoms with E-state index in [9.17, 15) is 4.79 Å². The van der Waals surface area contributed by atoms with Crippen molar-refractivity contribution in [1.82, 2.24) is 35.9 Å². The standard InChI is InChI=1S/C36H35Cl2N7O2/c1-47-36-21(17-39-18-23-9-12-30(46)41-23)7-10-27(45-36)26-4-2-3-24(31(26)37)25-13-14-40-33(32(25)38)20-6-11-28-29(16-20)44-35(43-28)34-19-5-8-22(15-19)42-34/h2-4,6-7,10-11,13-14,16,19,22-23,34,39,42H,5,8-9,12,15,17-18H2,1H3,(H,41,46)(H,43,44)/t19-,22+,23?,34+/m0/s1. The third-order valence-corrected chi connectivity index (χ3v) is 10.6. The Bertz CT molecular complexity index is 2000. The second kappa shape index (κ2) is 12.5. The van der Waals surface area contributed by atoms with Gasteiger partial charge in [-0.1, -0.05) is 53.5 Å². The molecule has 5 heterocycles. The van der Waals surface area contributed by atoms with Gasteiger partial charge in [0.05, 0.1) is 45.6 Å². The van der Waals surface area contributed by atoms with Crippen molar-refractivity contribution in [2.45, 2.75) is 56.8 Å². The van der Waals surface area contributed by atoms with E-state index < -0.39 is 0 Å². The van der Waals surface area contributed by atoms with Gasteiger partial charge in [-0.15, -0.1) is 0 Å². The summed E-state index contributed by atoms with van der Waals surface area (Å²) in [6, 6.07) is 18.9. The van der Waals surface area contributed by atoms with Gasteiger partial charge in [-0.25, -0.2) is 9.97 Å². The van der Waals surface area contributed by atoms with Gasteiger partial charge in [0.15, 0.2) is 0 Å². The first-order valence-electron chi connectivity index (χ1n) is 16.2. The summed E-state index contributed by atoms with van der Waals surface area (Å²) in [5.74, 6) is 2.29. The summed E-state index contributed by atoms with van der Waals surface area (Å²) in [4.78, 5) is 29.5. The van der Waals surface area contributed by atoms with Gasteiger partial charge in [0.2, 0.25) is 11.8 Å². The number of carbonyl (C=O) groups excluding carboxylic acids is 1. The van der Waals surface area contributed by atoms with Gasteiger partial charge in [-0.2, -0.15) is 0 Å². The molecule has 11 heteroatoms. The number of halogens is 2. The molecule has 4 atom stereocenters. The van der Waals surface area contributed by atoms with Crippen LogP contribution in [0.2, 0.25) is 10.0 Å². The largest absolute Gasteiger partial charge is 0.481 e. The van der Waals surface area contributed by atoms with E-state index in [2.05, 4.69) is 32.0 Å². The predicted molar refractivity (Wildman–Crippen MR) is 184 cm³/mol. The number of benzene rings is 2. The number of carbonyl (C=O) groups is 1. The van der Waals surface area contributed by atoms with E-state index in [0.29, 0.717) is 64.8 Å². The molecule has 8 rings (SSSR count). The molecule has 3 fully saturated rings. The fraction of sp³-hybridized carbons (Fsp3) is 0.333. The Labute approximate surface area is 282 Å². The van der Waals surface area contributed by atoms with E-state index in [1.807, 2.05) is 48.5 Å². The van der Waals surface area contributed by atoms with Crippen LogP contribution in [0.25, 0.3) is 44.7 Å². The number of amides is 1. The molecule has 2 saturated heterocycles. The van der Waals surface area contributed by atoms with Gasteiger partial charge >= 0.3 is 0 Å². The van der Waals surface area contributed by atoms with E-state index >= 15 is 0 Å². The summed E-state index contributed by atoms with van der Waals surface area (Å²) in [5, 5.41) is 11.2. The van der Waals surface area contributed by atoms with Gasteiger partial charge in [0.1, 0.15) is 5.82 Å². The van der Waals surface area contributed by atoms with Gasteiger partial charge in [0.25, 0.3) is 0 Å². The van der Waals surface area contributed by atoms with E-state index in [1.165, 1.54) is 19.3 Å². The second-order valence-electron chi connectivity index (χ2n) is 12.8. The molecule has 4 N–H and O–H groups in total. The molecule has 2 aliphatic heterocycles. The Kier molecular flexibility index (Phi) is 8.09. The highest BCUT2D eigenvalue weighted by molar-refractivity contribution is 6.39. The third-order valence-electron chi connectivity index (χ3n) is 9.81. The SMILES string of the molecule is COc1nc(-c2cccc(-c3ccnc(-c4ccc5nc([C@@H]6N[C@@H]7CC[C@H]6C7)[nH]c5c4)c3Cl)c2Cl)ccc1CNCC1CCC(=O)N1. The Morgan fingerprint density at radius 1 is 0.979 bits per heavy atom. The zero-order valence-electron chi connectivity index (χ0n) is 25.9. The van der Waals surface area contributed by atoms with Gasteiger partial charge in [-0.05, 0) is 55.9 Å². The highest BCUT2D eigenvalue weighted by atomic mass is 35.5. The Morgan fingerprint density at radius 2 is 1.85 bits per heavy atom. The Morgan fingerprint density at radius 3 is 2.64 bits per heavy atom. The van der Waals surface area contributed by atoms with E-state index in [0.717, 1.165) is 51.1 Å². The van der Waals surface area contributed by atoms with Crippen molar-refractivity contribution < 1.29 is 9.53 Å². The van der Waals surface area contributed by atoms with Crippen LogP contribution < -0.4 is 20.7 Å². The minimum atomic E-state index is 0.108. The van der Waals surface area contributed by atoms with Crippen molar-refractivity contribution in [2.75, 3.05) is 13.7 Å². The van der Waals surface area contributed by atoms with Crippen molar-refractivity contribution in [3.05, 3.63) is 82.2 Å². The average molecular weight is 669 g/mol. The normalized spacial score (nSPS) is 21.9. The molecule has 2 bridgehead atoms. The number of nitrogens with one attached hydrogen (secondary N) is 4. The second-order valence-corrected chi connectivity index (χ2v) is 13.5. The van der Waals surface area contributed by atoms with Gasteiger partial charge in [0, 0.05) is 65.6 Å². The lowest BCUT2D eigenvalue weighted by atomic mass is 9.99. The number of methoxy groups -OCH3 is 1. The number of hydrogen-bond donors (Lipinski definition) is 4. The number of hydrogen-bond acceptors (Lipinski definition) is 7. The van der Waals surface area contributed by atoms with Crippen LogP contribution in [0.5, 0.6) is 5.88 Å². The molecule has 5 aromatic rings. The quantitative estimate of drug-likeness (QED) is 0.136. The number of H-pyrrole nitrogens is 1. The zero-order valence-corrected chi connectivity index (χ0v) is 27.5. The molecule has 1 aliphatic carbocycles. The number of pyridine rings is 2. The topological polar surface area (TPSA) is 117 Å². The van der Waals surface area contributed by atoms with Crippen LogP contribution in [0.4, 0.5) is 0 Å². The molecule has 1 saturated carbocycles. The number of aromatic nitrogens is 4. The fourth-order valence-electron chi connectivity index (χ4n) is 7.42. The van der Waals surface area contributed by atoms with Crippen molar-refractivity contribution in [3.8, 4) is 39.5 Å². The lowest BCUT2D eigenvalue weighted by Crippen LogP contribution is -2.35. The predicted octanol–water partition coefficient (Wildman–Crippen LogP) is 6.85. The summed E-state index contributed by atoms with van der Waals surface area (Å²) >= 11 is 14.2. The molecule has 3 aromatic heterocycles. The van der Waals surface area contributed by atoms with Crippen LogP contribution in [-0.2, 0) is 11.3 Å². The summed E-state index contributed by atoms with van der Waals surface area (Å²) in [5.41, 5.74) is 7.43. The number of rotatable bonds is 9. The fourth-order valence-corrected chi connectivity index (χ4v) is 8.07. The minimum Gasteiger partial charge on any atom is -0.481 e. The Hall–Kier alpha value is -4.02. The van der Waals surface area contributed by atoms with E-state index in [4.69, 9.17) is 37.9 Å². The number of imidazole rings is 1. The van der Waals surface area contributed by atoms with E-state index in [1.54, 1.807) is 13.3 Å². The monoisotopic (exact) mass is 667 g/mol. The Balaban J connectivity index is 1.05. The molecular weight excluding hydrogens is 633 g/mol. The van der Waals surface area contributed by atoms with Crippen LogP contribution in [0.3, 0.4) is 0 Å². The van der Waals surface area contributed by atoms with Crippen molar-refractivity contribution in [2.24, 2.45) is 5.92 Å². The maximum absolute atomic E-state index is 11.5. The summed E-state index contributed by atoms with van der Waals surface area (Å²) in [6.07, 6.45) is 6.95. The first-order chi connectivity index (χ1) is 22.9. The lowest BCUT2D eigenvalue weighted by Gasteiger charge is -2.20. The molecule has 1 amide bonds. The van der Waals surface area contributed by atoms with Crippen LogP contribution >= 0.6 is 23.2 Å². The average Bonchev–Trinajstić information content (AvgIpc) is 3.90. The van der Waals surface area contributed by atoms with Crippen LogP contribution in [0.15, 0.2) is 60.8 Å². The summed E-state index contributed by atoms with van der Waals surface area (Å²) in [6.45, 7) is 1.25.